The number of sulfonamides is 1. The zero-order chi connectivity index (χ0) is 24.7. The van der Waals surface area contributed by atoms with Crippen LogP contribution in [0.2, 0.25) is 5.02 Å². The van der Waals surface area contributed by atoms with Crippen molar-refractivity contribution >= 4 is 33.2 Å². The van der Waals surface area contributed by atoms with Crippen LogP contribution in [0.4, 0.5) is 5.69 Å². The molecule has 0 spiro atoms. The quantitative estimate of drug-likeness (QED) is 0.419. The van der Waals surface area contributed by atoms with E-state index in [1.54, 1.807) is 48.5 Å². The van der Waals surface area contributed by atoms with Crippen molar-refractivity contribution in [3.63, 3.8) is 0 Å². The monoisotopic (exact) mass is 504 g/mol. The minimum atomic E-state index is -3.86. The zero-order valence-electron chi connectivity index (χ0n) is 18.9. The highest BCUT2D eigenvalue weighted by Gasteiger charge is 2.23. The number of nitrogens with zero attached hydrogens (tertiary/aromatic N) is 1. The lowest BCUT2D eigenvalue weighted by molar-refractivity contribution is 0.0947. The predicted octanol–water partition coefficient (Wildman–Crippen LogP) is 3.99. The standard InChI is InChI=1S/C24H25ClN2O6S/c1-27(34(29,30)21-12-13-22(31-2)23(16-21)32-3)19-8-4-17(5-9-19)24(28)26-14-15-33-20-10-6-18(25)7-11-20/h4-13,16H,14-15H2,1-3H3,(H,26,28). The van der Waals surface area contributed by atoms with Crippen LogP contribution in [0.3, 0.4) is 0 Å². The van der Waals surface area contributed by atoms with E-state index in [9.17, 15) is 13.2 Å². The first-order valence-corrected chi connectivity index (χ1v) is 12.1. The Hall–Kier alpha value is -3.43. The molecule has 180 valence electrons. The van der Waals surface area contributed by atoms with E-state index in [0.717, 1.165) is 4.31 Å². The SMILES string of the molecule is COc1ccc(S(=O)(=O)N(C)c2ccc(C(=O)NCCOc3ccc(Cl)cc3)cc2)cc1OC. The van der Waals surface area contributed by atoms with Gasteiger partial charge < -0.3 is 19.5 Å². The third-order valence-electron chi connectivity index (χ3n) is 4.98. The fourth-order valence-corrected chi connectivity index (χ4v) is 4.40. The van der Waals surface area contributed by atoms with E-state index in [1.807, 2.05) is 0 Å². The van der Waals surface area contributed by atoms with Crippen LogP contribution >= 0.6 is 11.6 Å². The number of hydrogen-bond donors (Lipinski definition) is 1. The van der Waals surface area contributed by atoms with Crippen molar-refractivity contribution in [3.05, 3.63) is 77.3 Å². The zero-order valence-corrected chi connectivity index (χ0v) is 20.5. The number of methoxy groups -OCH3 is 2. The molecule has 34 heavy (non-hydrogen) atoms. The average Bonchev–Trinajstić information content (AvgIpc) is 2.86. The Bertz CT molecular complexity index is 1230. The summed E-state index contributed by atoms with van der Waals surface area (Å²) in [5.74, 6) is 1.10. The Labute approximate surface area is 204 Å². The molecule has 0 saturated carbocycles. The van der Waals surface area contributed by atoms with Gasteiger partial charge in [0.2, 0.25) is 0 Å². The maximum absolute atomic E-state index is 13.1. The van der Waals surface area contributed by atoms with Gasteiger partial charge >= 0.3 is 0 Å². The third-order valence-corrected chi connectivity index (χ3v) is 7.01. The molecule has 1 amide bonds. The van der Waals surface area contributed by atoms with Gasteiger partial charge in [0.15, 0.2) is 11.5 Å². The number of anilines is 1. The molecule has 0 saturated heterocycles. The maximum Gasteiger partial charge on any atom is 0.264 e. The van der Waals surface area contributed by atoms with E-state index < -0.39 is 10.0 Å². The van der Waals surface area contributed by atoms with Crippen LogP contribution in [-0.2, 0) is 10.0 Å². The highest BCUT2D eigenvalue weighted by atomic mass is 35.5. The fourth-order valence-electron chi connectivity index (χ4n) is 3.06. The number of benzene rings is 3. The number of carbonyl (C=O) groups excluding carboxylic acids is 1. The number of rotatable bonds is 10. The van der Waals surface area contributed by atoms with E-state index >= 15 is 0 Å². The molecule has 0 bridgehead atoms. The van der Waals surface area contributed by atoms with Gasteiger partial charge in [0.1, 0.15) is 12.4 Å². The van der Waals surface area contributed by atoms with Crippen molar-refractivity contribution in [2.75, 3.05) is 38.7 Å². The lowest BCUT2D eigenvalue weighted by Gasteiger charge is -2.20. The smallest absolute Gasteiger partial charge is 0.264 e. The van der Waals surface area contributed by atoms with Crippen LogP contribution in [0.15, 0.2) is 71.6 Å². The highest BCUT2D eigenvalue weighted by molar-refractivity contribution is 7.92. The number of halogens is 1. The summed E-state index contributed by atoms with van der Waals surface area (Å²) in [6.45, 7) is 0.592. The van der Waals surface area contributed by atoms with Crippen LogP contribution in [0.5, 0.6) is 17.2 Å². The molecule has 3 rings (SSSR count). The first-order chi connectivity index (χ1) is 16.3. The molecule has 0 aliphatic carbocycles. The second-order valence-corrected chi connectivity index (χ2v) is 9.50. The molecule has 10 heteroatoms. The van der Waals surface area contributed by atoms with Gasteiger partial charge in [-0.15, -0.1) is 0 Å². The molecule has 1 N–H and O–H groups in total. The van der Waals surface area contributed by atoms with E-state index in [4.69, 9.17) is 25.8 Å². The molecular weight excluding hydrogens is 480 g/mol. The number of amides is 1. The maximum atomic E-state index is 13.1. The molecule has 8 nitrogen and oxygen atoms in total. The van der Waals surface area contributed by atoms with Crippen molar-refractivity contribution in [2.45, 2.75) is 4.90 Å². The molecular formula is C24H25ClN2O6S. The van der Waals surface area contributed by atoms with Crippen LogP contribution < -0.4 is 23.8 Å². The summed E-state index contributed by atoms with van der Waals surface area (Å²) in [5.41, 5.74) is 0.796. The predicted molar refractivity (Wildman–Crippen MR) is 131 cm³/mol. The largest absolute Gasteiger partial charge is 0.493 e. The molecule has 0 atom stereocenters. The second-order valence-electron chi connectivity index (χ2n) is 7.09. The van der Waals surface area contributed by atoms with Gasteiger partial charge in [-0.3, -0.25) is 9.10 Å². The normalized spacial score (nSPS) is 10.9. The summed E-state index contributed by atoms with van der Waals surface area (Å²) < 4.78 is 43.2. The minimum Gasteiger partial charge on any atom is -0.493 e. The Morgan fingerprint density at radius 2 is 1.59 bits per heavy atom. The summed E-state index contributed by atoms with van der Waals surface area (Å²) in [6, 6.07) is 17.6. The van der Waals surface area contributed by atoms with Gasteiger partial charge in [0.25, 0.3) is 15.9 Å². The van der Waals surface area contributed by atoms with Gasteiger partial charge in [0, 0.05) is 23.7 Å². The molecule has 0 aromatic heterocycles. The first-order valence-electron chi connectivity index (χ1n) is 10.2. The van der Waals surface area contributed by atoms with Gasteiger partial charge in [-0.05, 0) is 60.7 Å². The number of hydrogen-bond acceptors (Lipinski definition) is 6. The van der Waals surface area contributed by atoms with Crippen molar-refractivity contribution in [1.82, 2.24) is 5.32 Å². The topological polar surface area (TPSA) is 94.2 Å². The first kappa shape index (κ1) is 25.2. The summed E-state index contributed by atoms with van der Waals surface area (Å²) in [5, 5.41) is 3.38. The van der Waals surface area contributed by atoms with Crippen molar-refractivity contribution < 1.29 is 27.4 Å². The molecule has 0 fully saturated rings. The van der Waals surface area contributed by atoms with E-state index in [1.165, 1.54) is 39.5 Å². The molecule has 0 radical (unpaired) electrons. The van der Waals surface area contributed by atoms with Crippen LogP contribution in [0, 0.1) is 0 Å². The van der Waals surface area contributed by atoms with Crippen LogP contribution in [0.1, 0.15) is 10.4 Å². The number of ether oxygens (including phenoxy) is 3. The van der Waals surface area contributed by atoms with E-state index in [2.05, 4.69) is 5.32 Å². The fraction of sp³-hybridized carbons (Fsp3) is 0.208. The van der Waals surface area contributed by atoms with E-state index in [0.29, 0.717) is 40.1 Å². The molecule has 3 aromatic carbocycles. The van der Waals surface area contributed by atoms with Gasteiger partial charge in [-0.2, -0.15) is 0 Å². The number of carbonyl (C=O) groups is 1. The lowest BCUT2D eigenvalue weighted by Crippen LogP contribution is -2.28. The Morgan fingerprint density at radius 3 is 2.21 bits per heavy atom. The van der Waals surface area contributed by atoms with Crippen LogP contribution in [0.25, 0.3) is 0 Å². The number of nitrogens with one attached hydrogen (secondary N) is 1. The summed E-state index contributed by atoms with van der Waals surface area (Å²) >= 11 is 5.83. The van der Waals surface area contributed by atoms with Crippen molar-refractivity contribution in [1.29, 1.82) is 0 Å². The summed E-state index contributed by atoms with van der Waals surface area (Å²) in [7, 11) is 0.494. The van der Waals surface area contributed by atoms with Crippen molar-refractivity contribution in [3.8, 4) is 17.2 Å². The molecule has 0 aliphatic rings. The molecule has 0 heterocycles. The third kappa shape index (κ3) is 5.92. The summed E-state index contributed by atoms with van der Waals surface area (Å²) in [4.78, 5) is 12.4. The lowest BCUT2D eigenvalue weighted by atomic mass is 10.2. The Kier molecular flexibility index (Phi) is 8.25. The molecule has 0 unspecified atom stereocenters. The van der Waals surface area contributed by atoms with Crippen LogP contribution in [-0.4, -0.2) is 48.7 Å². The van der Waals surface area contributed by atoms with Gasteiger partial charge in [-0.1, -0.05) is 11.6 Å². The van der Waals surface area contributed by atoms with Gasteiger partial charge in [-0.25, -0.2) is 8.42 Å². The second kappa shape index (κ2) is 11.1. The Balaban J connectivity index is 1.61. The highest BCUT2D eigenvalue weighted by Crippen LogP contribution is 2.31. The average molecular weight is 505 g/mol. The molecule has 0 aliphatic heterocycles. The van der Waals surface area contributed by atoms with E-state index in [-0.39, 0.29) is 17.4 Å². The van der Waals surface area contributed by atoms with Gasteiger partial charge in [0.05, 0.1) is 31.3 Å². The molecule has 3 aromatic rings. The Morgan fingerprint density at radius 1 is 0.941 bits per heavy atom. The van der Waals surface area contributed by atoms with Crippen molar-refractivity contribution in [2.24, 2.45) is 0 Å². The minimum absolute atomic E-state index is 0.0511. The summed E-state index contributed by atoms with van der Waals surface area (Å²) in [6.07, 6.45) is 0.